The highest BCUT2D eigenvalue weighted by molar-refractivity contribution is 7.47. The quantitative estimate of drug-likeness (QED) is 0.0222. The van der Waals surface area contributed by atoms with Crippen LogP contribution in [-0.2, 0) is 65.4 Å². The van der Waals surface area contributed by atoms with Gasteiger partial charge in [0.15, 0.2) is 12.2 Å². The maximum atomic E-state index is 13.1. The fourth-order valence-electron chi connectivity index (χ4n) is 11.1. The second kappa shape index (κ2) is 65.0. The van der Waals surface area contributed by atoms with Gasteiger partial charge in [0, 0.05) is 25.7 Å². The molecule has 92 heavy (non-hydrogen) atoms. The maximum absolute atomic E-state index is 13.1. The number of aliphatic hydroxyl groups excluding tert-OH is 1. The van der Waals surface area contributed by atoms with Crippen molar-refractivity contribution in [2.24, 2.45) is 11.8 Å². The summed E-state index contributed by atoms with van der Waals surface area (Å²) in [6.45, 7) is 9.60. The van der Waals surface area contributed by atoms with Crippen LogP contribution in [0.3, 0.4) is 0 Å². The van der Waals surface area contributed by atoms with Gasteiger partial charge in [-0.15, -0.1) is 0 Å². The molecule has 0 radical (unpaired) electrons. The Hall–Kier alpha value is -1.94. The molecule has 3 N–H and O–H groups in total. The minimum Gasteiger partial charge on any atom is -0.462 e. The van der Waals surface area contributed by atoms with Gasteiger partial charge >= 0.3 is 39.5 Å². The summed E-state index contributed by atoms with van der Waals surface area (Å²) in [7, 11) is -9.90. The van der Waals surface area contributed by atoms with Gasteiger partial charge in [0.05, 0.1) is 26.4 Å². The summed E-state index contributed by atoms with van der Waals surface area (Å²) < 4.78 is 68.4. The molecule has 0 amide bonds. The maximum Gasteiger partial charge on any atom is 0.472 e. The van der Waals surface area contributed by atoms with E-state index >= 15 is 0 Å². The molecule has 6 atom stereocenters. The third kappa shape index (κ3) is 65.4. The Kier molecular flexibility index (Phi) is 63.7. The Labute approximate surface area is 562 Å². The third-order valence-corrected chi connectivity index (χ3v) is 19.2. The average molecular weight is 1350 g/mol. The van der Waals surface area contributed by atoms with E-state index < -0.39 is 97.5 Å². The molecule has 0 rings (SSSR count). The molecule has 0 aromatic rings. The van der Waals surface area contributed by atoms with Crippen LogP contribution in [0.25, 0.3) is 0 Å². The van der Waals surface area contributed by atoms with Crippen molar-refractivity contribution in [1.82, 2.24) is 0 Å². The monoisotopic (exact) mass is 1350 g/mol. The summed E-state index contributed by atoms with van der Waals surface area (Å²) in [6.07, 6.45) is 51.2. The van der Waals surface area contributed by atoms with Crippen molar-refractivity contribution < 1.29 is 80.2 Å². The minimum absolute atomic E-state index is 0.107. The fourth-order valence-corrected chi connectivity index (χ4v) is 12.7. The van der Waals surface area contributed by atoms with Gasteiger partial charge in [-0.05, 0) is 37.5 Å². The van der Waals surface area contributed by atoms with Gasteiger partial charge in [-0.3, -0.25) is 37.3 Å². The van der Waals surface area contributed by atoms with Gasteiger partial charge in [-0.1, -0.05) is 324 Å². The van der Waals surface area contributed by atoms with Crippen molar-refractivity contribution in [3.8, 4) is 0 Å². The SMILES string of the molecule is CCCCCCCCCCCCCCCC(=O)O[C@H](COC(=O)CCCCCCCCCC)COP(=O)(O)OC[C@H](O)COP(=O)(O)OC[C@@H](COC(=O)CCCCCCCCCCCCC(C)C)OC(=O)CCCCCCCCCCCCCCCCC(C)CC. The number of esters is 4. The third-order valence-electron chi connectivity index (χ3n) is 17.3. The molecule has 0 aliphatic rings. The summed E-state index contributed by atoms with van der Waals surface area (Å²) in [5.41, 5.74) is 0. The second-order valence-corrected chi connectivity index (χ2v) is 30.0. The Bertz CT molecular complexity index is 1790. The summed E-state index contributed by atoms with van der Waals surface area (Å²) in [5.74, 6) is -0.516. The van der Waals surface area contributed by atoms with Crippen LogP contribution < -0.4 is 0 Å². The zero-order chi connectivity index (χ0) is 67.9. The number of ether oxygens (including phenoxy) is 4. The largest absolute Gasteiger partial charge is 0.472 e. The fraction of sp³-hybridized carbons (Fsp3) is 0.945. The summed E-state index contributed by atoms with van der Waals surface area (Å²) >= 11 is 0. The van der Waals surface area contributed by atoms with Crippen LogP contribution in [-0.4, -0.2) is 96.7 Å². The van der Waals surface area contributed by atoms with Crippen LogP contribution in [0.2, 0.25) is 0 Å². The number of phosphoric ester groups is 2. The lowest BCUT2D eigenvalue weighted by molar-refractivity contribution is -0.161. The van der Waals surface area contributed by atoms with Crippen LogP contribution in [0.1, 0.15) is 375 Å². The molecule has 0 aliphatic carbocycles. The molecule has 0 aromatic heterocycles. The molecular formula is C73H142O17P2. The lowest BCUT2D eigenvalue weighted by Gasteiger charge is -2.21. The molecule has 0 heterocycles. The first-order valence-electron chi connectivity index (χ1n) is 38.0. The molecule has 0 aliphatic heterocycles. The van der Waals surface area contributed by atoms with E-state index in [2.05, 4.69) is 41.5 Å². The molecule has 0 aromatic carbocycles. The minimum atomic E-state index is -4.95. The molecule has 546 valence electrons. The van der Waals surface area contributed by atoms with Crippen molar-refractivity contribution >= 4 is 39.5 Å². The number of phosphoric acid groups is 2. The zero-order valence-electron chi connectivity index (χ0n) is 59.9. The van der Waals surface area contributed by atoms with Crippen LogP contribution in [0.5, 0.6) is 0 Å². The average Bonchev–Trinajstić information content (AvgIpc) is 2.80. The van der Waals surface area contributed by atoms with E-state index in [1.54, 1.807) is 0 Å². The zero-order valence-corrected chi connectivity index (χ0v) is 61.6. The number of hydrogen-bond donors (Lipinski definition) is 3. The van der Waals surface area contributed by atoms with Gasteiger partial charge in [0.2, 0.25) is 0 Å². The Balaban J connectivity index is 5.22. The van der Waals surface area contributed by atoms with E-state index in [4.69, 9.17) is 37.0 Å². The smallest absolute Gasteiger partial charge is 0.462 e. The van der Waals surface area contributed by atoms with Crippen LogP contribution in [0.15, 0.2) is 0 Å². The Morgan fingerprint density at radius 3 is 0.826 bits per heavy atom. The molecule has 0 saturated heterocycles. The Morgan fingerprint density at radius 2 is 0.554 bits per heavy atom. The molecule has 0 saturated carbocycles. The first-order valence-corrected chi connectivity index (χ1v) is 41.0. The highest BCUT2D eigenvalue weighted by Crippen LogP contribution is 2.45. The van der Waals surface area contributed by atoms with Crippen molar-refractivity contribution in [2.45, 2.75) is 394 Å². The van der Waals surface area contributed by atoms with E-state index in [0.29, 0.717) is 25.7 Å². The van der Waals surface area contributed by atoms with Crippen molar-refractivity contribution in [2.75, 3.05) is 39.6 Å². The number of aliphatic hydroxyl groups is 1. The first-order chi connectivity index (χ1) is 44.4. The molecular weight excluding hydrogens is 1210 g/mol. The predicted octanol–water partition coefficient (Wildman–Crippen LogP) is 21.2. The van der Waals surface area contributed by atoms with E-state index in [9.17, 15) is 43.2 Å². The highest BCUT2D eigenvalue weighted by Gasteiger charge is 2.30. The van der Waals surface area contributed by atoms with Crippen LogP contribution >= 0.6 is 15.6 Å². The first kappa shape index (κ1) is 90.1. The van der Waals surface area contributed by atoms with Gasteiger partial charge in [0.1, 0.15) is 19.3 Å². The van der Waals surface area contributed by atoms with E-state index in [1.807, 2.05) is 0 Å². The number of carbonyl (C=O) groups is 4. The van der Waals surface area contributed by atoms with Crippen LogP contribution in [0, 0.1) is 11.8 Å². The van der Waals surface area contributed by atoms with Crippen molar-refractivity contribution in [1.29, 1.82) is 0 Å². The van der Waals surface area contributed by atoms with E-state index in [0.717, 1.165) is 108 Å². The number of unbranched alkanes of at least 4 members (excludes halogenated alkanes) is 41. The molecule has 0 bridgehead atoms. The van der Waals surface area contributed by atoms with Gasteiger partial charge < -0.3 is 33.8 Å². The normalized spacial score (nSPS) is 14.4. The molecule has 0 spiro atoms. The van der Waals surface area contributed by atoms with E-state index in [-0.39, 0.29) is 25.7 Å². The second-order valence-electron chi connectivity index (χ2n) is 27.1. The highest BCUT2D eigenvalue weighted by atomic mass is 31.2. The van der Waals surface area contributed by atoms with Gasteiger partial charge in [0.25, 0.3) is 0 Å². The molecule has 0 fully saturated rings. The number of carbonyl (C=O) groups excluding carboxylic acids is 4. The standard InChI is InChI=1S/C73H142O17P2/c1-7-10-12-14-16-18-19-22-26-33-39-45-51-57-72(77)89-68(61-83-70(75)55-49-43-37-17-15-13-11-8-2)63-87-91(79,80)85-59-67(74)60-86-92(81,82)88-64-69(62-84-71(76)56-50-44-38-32-29-28-30-35-41-47-53-65(4)5)90-73(78)58-52-46-40-34-27-24-21-20-23-25-31-36-42-48-54-66(6)9-3/h65-69,74H,7-64H2,1-6H3,(H,79,80)(H,81,82)/t66?,67-,68+,69+/m0/s1. The van der Waals surface area contributed by atoms with E-state index in [1.165, 1.54) is 186 Å². The molecule has 17 nitrogen and oxygen atoms in total. The van der Waals surface area contributed by atoms with Crippen molar-refractivity contribution in [3.05, 3.63) is 0 Å². The molecule has 3 unspecified atom stereocenters. The lowest BCUT2D eigenvalue weighted by atomic mass is 9.99. The summed E-state index contributed by atoms with van der Waals surface area (Å²) in [4.78, 5) is 72.6. The number of rotatable bonds is 72. The lowest BCUT2D eigenvalue weighted by Crippen LogP contribution is -2.30. The van der Waals surface area contributed by atoms with Crippen molar-refractivity contribution in [3.63, 3.8) is 0 Å². The van der Waals surface area contributed by atoms with Gasteiger partial charge in [-0.2, -0.15) is 0 Å². The molecule has 19 heteroatoms. The predicted molar refractivity (Wildman–Crippen MR) is 372 cm³/mol. The summed E-state index contributed by atoms with van der Waals surface area (Å²) in [6, 6.07) is 0. The van der Waals surface area contributed by atoms with Gasteiger partial charge in [-0.25, -0.2) is 9.13 Å². The summed E-state index contributed by atoms with van der Waals surface area (Å²) in [5, 5.41) is 10.6. The van der Waals surface area contributed by atoms with Crippen LogP contribution in [0.4, 0.5) is 0 Å². The number of hydrogen-bond acceptors (Lipinski definition) is 15. The topological polar surface area (TPSA) is 237 Å². The Morgan fingerprint density at radius 1 is 0.315 bits per heavy atom.